The minimum Gasteiger partial charge on any atom is -0.480 e. The molecule has 0 bridgehead atoms. The molecule has 0 aliphatic carbocycles. The number of hydrogen-bond donors (Lipinski definition) is 3. The molecule has 2 unspecified atom stereocenters. The molecule has 2 atom stereocenters. The molecule has 4 N–H and O–H groups in total. The van der Waals surface area contributed by atoms with Crippen molar-refractivity contribution in [3.05, 3.63) is 0 Å². The molecular formula is C10H14N4O5. The highest BCUT2D eigenvalue weighted by Gasteiger charge is 2.28. The predicted molar refractivity (Wildman–Crippen MR) is 60.7 cm³/mol. The molecule has 1 saturated heterocycles. The van der Waals surface area contributed by atoms with Gasteiger partial charge in [0, 0.05) is 6.54 Å². The minimum atomic E-state index is -1.38. The van der Waals surface area contributed by atoms with Gasteiger partial charge in [-0.25, -0.2) is 9.59 Å². The molecule has 0 radical (unpaired) electrons. The summed E-state index contributed by atoms with van der Waals surface area (Å²) in [5, 5.41) is 19.7. The van der Waals surface area contributed by atoms with Gasteiger partial charge in [-0.15, -0.1) is 0 Å². The quantitative estimate of drug-likeness (QED) is 0.552. The lowest BCUT2D eigenvalue weighted by Gasteiger charge is -2.30. The van der Waals surface area contributed by atoms with Crippen molar-refractivity contribution in [2.24, 2.45) is 5.73 Å². The number of amides is 3. The molecule has 0 aromatic carbocycles. The number of rotatable bonds is 4. The van der Waals surface area contributed by atoms with Gasteiger partial charge in [-0.2, -0.15) is 5.26 Å². The molecule has 9 heteroatoms. The summed E-state index contributed by atoms with van der Waals surface area (Å²) in [5.74, 6) is -2.18. The molecule has 0 saturated carbocycles. The van der Waals surface area contributed by atoms with E-state index in [1.54, 1.807) is 0 Å². The van der Waals surface area contributed by atoms with Crippen LogP contribution in [0.1, 0.15) is 6.42 Å². The third-order valence-corrected chi connectivity index (χ3v) is 2.50. The Labute approximate surface area is 108 Å². The van der Waals surface area contributed by atoms with Crippen molar-refractivity contribution in [2.75, 3.05) is 19.7 Å². The standard InChI is InChI=1S/C10H14N4O5/c11-4-6-5-14(1-2-19-6)10(18)13-7(9(16)17)3-8(12)15/h6-7H,1-3,5H2,(H2,12,15)(H,13,18)(H,16,17). The van der Waals surface area contributed by atoms with Crippen LogP contribution in [0.3, 0.4) is 0 Å². The van der Waals surface area contributed by atoms with E-state index in [4.69, 9.17) is 20.8 Å². The first-order chi connectivity index (χ1) is 8.93. The molecule has 104 valence electrons. The molecule has 3 amide bonds. The fraction of sp³-hybridized carbons (Fsp3) is 0.600. The van der Waals surface area contributed by atoms with E-state index >= 15 is 0 Å². The number of nitrogens with zero attached hydrogens (tertiary/aromatic N) is 2. The highest BCUT2D eigenvalue weighted by atomic mass is 16.5. The molecule has 1 fully saturated rings. The maximum Gasteiger partial charge on any atom is 0.326 e. The zero-order chi connectivity index (χ0) is 14.4. The van der Waals surface area contributed by atoms with E-state index in [0.29, 0.717) is 0 Å². The first-order valence-corrected chi connectivity index (χ1v) is 5.51. The van der Waals surface area contributed by atoms with E-state index in [-0.39, 0.29) is 19.7 Å². The number of primary amides is 1. The molecular weight excluding hydrogens is 256 g/mol. The molecule has 0 aromatic rings. The smallest absolute Gasteiger partial charge is 0.326 e. The third kappa shape index (κ3) is 4.44. The average Bonchev–Trinajstić information content (AvgIpc) is 2.37. The van der Waals surface area contributed by atoms with E-state index < -0.39 is 36.5 Å². The third-order valence-electron chi connectivity index (χ3n) is 2.50. The van der Waals surface area contributed by atoms with Crippen molar-refractivity contribution in [3.8, 4) is 6.07 Å². The highest BCUT2D eigenvalue weighted by Crippen LogP contribution is 2.05. The number of ether oxygens (including phenoxy) is 1. The Morgan fingerprint density at radius 1 is 1.58 bits per heavy atom. The Bertz CT molecular complexity index is 419. The Balaban J connectivity index is 2.59. The van der Waals surface area contributed by atoms with Gasteiger partial charge in [-0.1, -0.05) is 0 Å². The van der Waals surface area contributed by atoms with E-state index in [0.717, 1.165) is 0 Å². The van der Waals surface area contributed by atoms with Crippen molar-refractivity contribution in [3.63, 3.8) is 0 Å². The number of nitrogens with one attached hydrogen (secondary N) is 1. The van der Waals surface area contributed by atoms with Gasteiger partial charge in [0.2, 0.25) is 5.91 Å². The Morgan fingerprint density at radius 2 is 2.26 bits per heavy atom. The lowest BCUT2D eigenvalue weighted by atomic mass is 10.2. The second-order valence-corrected chi connectivity index (χ2v) is 3.95. The monoisotopic (exact) mass is 270 g/mol. The molecule has 0 aromatic heterocycles. The number of carboxylic acid groups (broad SMARTS) is 1. The van der Waals surface area contributed by atoms with Crippen LogP contribution in [-0.2, 0) is 14.3 Å². The van der Waals surface area contributed by atoms with E-state index in [1.807, 2.05) is 6.07 Å². The Hall–Kier alpha value is -2.34. The summed E-state index contributed by atoms with van der Waals surface area (Å²) in [6, 6.07) is -0.188. The maximum absolute atomic E-state index is 11.8. The second kappa shape index (κ2) is 6.55. The number of urea groups is 1. The van der Waals surface area contributed by atoms with Crippen LogP contribution in [0.25, 0.3) is 0 Å². The number of morpholine rings is 1. The summed E-state index contributed by atoms with van der Waals surface area (Å²) in [4.78, 5) is 34.6. The van der Waals surface area contributed by atoms with Crippen LogP contribution in [-0.4, -0.2) is 59.8 Å². The van der Waals surface area contributed by atoms with Crippen molar-refractivity contribution in [1.29, 1.82) is 5.26 Å². The lowest BCUT2D eigenvalue weighted by molar-refractivity contribution is -0.141. The predicted octanol–water partition coefficient (Wildman–Crippen LogP) is -1.75. The second-order valence-electron chi connectivity index (χ2n) is 3.95. The summed E-state index contributed by atoms with van der Waals surface area (Å²) in [7, 11) is 0. The first kappa shape index (κ1) is 14.7. The maximum atomic E-state index is 11.8. The van der Waals surface area contributed by atoms with Gasteiger partial charge < -0.3 is 25.8 Å². The normalized spacial score (nSPS) is 20.2. The van der Waals surface area contributed by atoms with Gasteiger partial charge in [0.25, 0.3) is 0 Å². The first-order valence-electron chi connectivity index (χ1n) is 5.51. The van der Waals surface area contributed by atoms with Crippen LogP contribution in [0.5, 0.6) is 0 Å². The number of carboxylic acids is 1. The molecule has 1 rings (SSSR count). The lowest BCUT2D eigenvalue weighted by Crippen LogP contribution is -2.53. The van der Waals surface area contributed by atoms with Crippen LogP contribution >= 0.6 is 0 Å². The average molecular weight is 270 g/mol. The van der Waals surface area contributed by atoms with Crippen LogP contribution in [0.15, 0.2) is 0 Å². The largest absolute Gasteiger partial charge is 0.480 e. The SMILES string of the molecule is N#CC1CN(C(=O)NC(CC(N)=O)C(=O)O)CCO1. The van der Waals surface area contributed by atoms with Crippen molar-refractivity contribution < 1.29 is 24.2 Å². The fourth-order valence-electron chi connectivity index (χ4n) is 1.55. The molecule has 1 aliphatic heterocycles. The number of nitriles is 1. The summed E-state index contributed by atoms with van der Waals surface area (Å²) >= 11 is 0. The van der Waals surface area contributed by atoms with Crippen molar-refractivity contribution in [1.82, 2.24) is 10.2 Å². The summed E-state index contributed by atoms with van der Waals surface area (Å²) in [6.07, 6.45) is -1.23. The van der Waals surface area contributed by atoms with Gasteiger partial charge in [0.05, 0.1) is 25.6 Å². The van der Waals surface area contributed by atoms with Gasteiger partial charge in [0.1, 0.15) is 6.04 Å². The van der Waals surface area contributed by atoms with Crippen LogP contribution < -0.4 is 11.1 Å². The number of carbonyl (C=O) groups excluding carboxylic acids is 2. The molecule has 1 aliphatic rings. The molecule has 19 heavy (non-hydrogen) atoms. The summed E-state index contributed by atoms with van der Waals surface area (Å²) in [6.45, 7) is 0.484. The fourth-order valence-corrected chi connectivity index (χ4v) is 1.55. The van der Waals surface area contributed by atoms with Crippen LogP contribution in [0.2, 0.25) is 0 Å². The number of aliphatic carboxylic acids is 1. The Kier molecular flexibility index (Phi) is 5.08. The summed E-state index contributed by atoms with van der Waals surface area (Å²) < 4.78 is 5.05. The number of carbonyl (C=O) groups is 3. The topological polar surface area (TPSA) is 146 Å². The van der Waals surface area contributed by atoms with Gasteiger partial charge in [-0.3, -0.25) is 4.79 Å². The van der Waals surface area contributed by atoms with Crippen molar-refractivity contribution >= 4 is 17.9 Å². The summed E-state index contributed by atoms with van der Waals surface area (Å²) in [5.41, 5.74) is 4.90. The van der Waals surface area contributed by atoms with Crippen LogP contribution in [0, 0.1) is 11.3 Å². The minimum absolute atomic E-state index is 0.0469. The molecule has 0 spiro atoms. The molecule has 1 heterocycles. The van der Waals surface area contributed by atoms with Gasteiger partial charge >= 0.3 is 12.0 Å². The zero-order valence-corrected chi connectivity index (χ0v) is 10.0. The number of hydrogen-bond acceptors (Lipinski definition) is 5. The highest BCUT2D eigenvalue weighted by molar-refractivity contribution is 5.87. The molecule has 9 nitrogen and oxygen atoms in total. The van der Waals surface area contributed by atoms with Gasteiger partial charge in [0.15, 0.2) is 6.10 Å². The van der Waals surface area contributed by atoms with Crippen LogP contribution in [0.4, 0.5) is 4.79 Å². The Morgan fingerprint density at radius 3 is 2.79 bits per heavy atom. The zero-order valence-electron chi connectivity index (χ0n) is 10.0. The van der Waals surface area contributed by atoms with Crippen molar-refractivity contribution in [2.45, 2.75) is 18.6 Å². The van der Waals surface area contributed by atoms with Gasteiger partial charge in [-0.05, 0) is 0 Å². The van der Waals surface area contributed by atoms with E-state index in [2.05, 4.69) is 5.32 Å². The number of nitrogens with two attached hydrogens (primary N) is 1. The van der Waals surface area contributed by atoms with E-state index in [9.17, 15) is 14.4 Å². The van der Waals surface area contributed by atoms with E-state index in [1.165, 1.54) is 4.90 Å².